The van der Waals surface area contributed by atoms with Crippen LogP contribution in [0.5, 0.6) is 11.5 Å². The number of carboxylic acids is 1. The molecule has 146 valence electrons. The van der Waals surface area contributed by atoms with E-state index in [1.807, 2.05) is 18.0 Å². The van der Waals surface area contributed by atoms with Crippen molar-refractivity contribution in [3.8, 4) is 11.5 Å². The Morgan fingerprint density at radius 3 is 2.65 bits per heavy atom. The van der Waals surface area contributed by atoms with Gasteiger partial charge in [0, 0.05) is 12.6 Å². The van der Waals surface area contributed by atoms with Crippen LogP contribution in [0.15, 0.2) is 18.2 Å². The number of aliphatic carboxylic acids is 1. The summed E-state index contributed by atoms with van der Waals surface area (Å²) in [5.41, 5.74) is 1.21. The van der Waals surface area contributed by atoms with Crippen LogP contribution in [0.4, 0.5) is 0 Å². The monoisotopic (exact) mass is 364 g/mol. The first-order valence-corrected chi connectivity index (χ1v) is 9.47. The first-order valence-electron chi connectivity index (χ1n) is 9.47. The number of unbranched alkanes of at least 4 members (excludes halogenated alkanes) is 1. The van der Waals surface area contributed by atoms with Gasteiger partial charge in [-0.25, -0.2) is 0 Å². The second-order valence-corrected chi connectivity index (χ2v) is 7.00. The van der Waals surface area contributed by atoms with Crippen LogP contribution >= 0.6 is 0 Å². The molecule has 6 nitrogen and oxygen atoms in total. The van der Waals surface area contributed by atoms with Gasteiger partial charge in [-0.2, -0.15) is 0 Å². The van der Waals surface area contributed by atoms with Crippen molar-refractivity contribution in [2.45, 2.75) is 45.2 Å². The minimum absolute atomic E-state index is 0.112. The zero-order chi connectivity index (χ0) is 18.9. The van der Waals surface area contributed by atoms with E-state index in [1.165, 1.54) is 5.56 Å². The summed E-state index contributed by atoms with van der Waals surface area (Å²) in [5.74, 6) is 0.830. The summed E-state index contributed by atoms with van der Waals surface area (Å²) in [6.45, 7) is 5.80. The summed E-state index contributed by atoms with van der Waals surface area (Å²) in [6, 6.07) is 6.51. The predicted octanol–water partition coefficient (Wildman–Crippen LogP) is 2.85. The molecule has 1 fully saturated rings. The maximum Gasteiger partial charge on any atom is 0.317 e. The van der Waals surface area contributed by atoms with Gasteiger partial charge in [-0.15, -0.1) is 0 Å². The first kappa shape index (κ1) is 20.5. The molecule has 0 saturated carbocycles. The molecule has 1 aromatic rings. The van der Waals surface area contributed by atoms with Crippen molar-refractivity contribution >= 4 is 5.97 Å². The predicted molar refractivity (Wildman–Crippen MR) is 102 cm³/mol. The van der Waals surface area contributed by atoms with Gasteiger partial charge in [0.15, 0.2) is 11.5 Å². The van der Waals surface area contributed by atoms with Crippen LogP contribution in [0, 0.1) is 0 Å². The van der Waals surface area contributed by atoms with Crippen molar-refractivity contribution in [3.05, 3.63) is 23.8 Å². The number of carbonyl (C=O) groups is 1. The van der Waals surface area contributed by atoms with Crippen LogP contribution < -0.4 is 9.47 Å². The molecular formula is C20H32N2O4. The van der Waals surface area contributed by atoms with Crippen LogP contribution in [0.3, 0.4) is 0 Å². The Labute approximate surface area is 156 Å². The Morgan fingerprint density at radius 1 is 1.31 bits per heavy atom. The number of carboxylic acid groups (broad SMARTS) is 1. The number of nitrogens with zero attached hydrogens (tertiary/aromatic N) is 2. The molecule has 0 aromatic heterocycles. The van der Waals surface area contributed by atoms with Gasteiger partial charge in [-0.1, -0.05) is 19.4 Å². The van der Waals surface area contributed by atoms with Gasteiger partial charge < -0.3 is 14.6 Å². The van der Waals surface area contributed by atoms with Crippen molar-refractivity contribution in [1.29, 1.82) is 0 Å². The van der Waals surface area contributed by atoms with Crippen LogP contribution in [-0.2, 0) is 11.3 Å². The van der Waals surface area contributed by atoms with E-state index in [9.17, 15) is 4.79 Å². The highest BCUT2D eigenvalue weighted by Gasteiger charge is 2.23. The van der Waals surface area contributed by atoms with Crippen molar-refractivity contribution in [2.75, 3.05) is 40.4 Å². The van der Waals surface area contributed by atoms with Crippen molar-refractivity contribution in [3.63, 3.8) is 0 Å². The van der Waals surface area contributed by atoms with Gasteiger partial charge in [-0.05, 0) is 57.1 Å². The topological polar surface area (TPSA) is 62.2 Å². The van der Waals surface area contributed by atoms with Gasteiger partial charge >= 0.3 is 5.97 Å². The van der Waals surface area contributed by atoms with Gasteiger partial charge in [-0.3, -0.25) is 14.6 Å². The third kappa shape index (κ3) is 6.18. The summed E-state index contributed by atoms with van der Waals surface area (Å²) >= 11 is 0. The number of ether oxygens (including phenoxy) is 2. The van der Waals surface area contributed by atoms with Crippen molar-refractivity contribution in [2.24, 2.45) is 0 Å². The molecule has 1 aliphatic heterocycles. The fraction of sp³-hybridized carbons (Fsp3) is 0.650. The highest BCUT2D eigenvalue weighted by Crippen LogP contribution is 2.29. The van der Waals surface area contributed by atoms with Gasteiger partial charge in [0.05, 0.1) is 20.3 Å². The van der Waals surface area contributed by atoms with Gasteiger partial charge in [0.25, 0.3) is 0 Å². The molecule has 2 rings (SSSR count). The Hall–Kier alpha value is -1.79. The van der Waals surface area contributed by atoms with E-state index in [4.69, 9.17) is 14.6 Å². The molecule has 1 aliphatic rings. The molecule has 1 N–H and O–H groups in total. The molecule has 0 radical (unpaired) electrons. The number of likely N-dealkylation sites (tertiary alicyclic amines) is 1. The number of rotatable bonds is 10. The molecule has 1 aromatic carbocycles. The van der Waals surface area contributed by atoms with E-state index in [-0.39, 0.29) is 6.54 Å². The van der Waals surface area contributed by atoms with Crippen LogP contribution in [0.25, 0.3) is 0 Å². The number of methoxy groups -OCH3 is 1. The zero-order valence-electron chi connectivity index (χ0n) is 16.2. The highest BCUT2D eigenvalue weighted by atomic mass is 16.5. The minimum atomic E-state index is -0.761. The standard InChI is InChI=1S/C20H32N2O4/c1-4-5-12-26-18-7-6-16(13-19(18)25-3)14-22-10-8-17(9-11-22)21(2)15-20(23)24/h6-7,13,17H,4-5,8-12,14-15H2,1-3H3,(H,23,24). The Bertz CT molecular complexity index is 571. The SMILES string of the molecule is CCCCOc1ccc(CN2CCC(N(C)CC(=O)O)CC2)cc1OC. The molecule has 0 bridgehead atoms. The lowest BCUT2D eigenvalue weighted by Gasteiger charge is -2.36. The molecule has 6 heteroatoms. The molecular weight excluding hydrogens is 332 g/mol. The molecule has 0 aliphatic carbocycles. The fourth-order valence-electron chi connectivity index (χ4n) is 3.37. The number of hydrogen-bond donors (Lipinski definition) is 1. The molecule has 1 heterocycles. The smallest absolute Gasteiger partial charge is 0.317 e. The quantitative estimate of drug-likeness (QED) is 0.644. The van der Waals surface area contributed by atoms with E-state index in [0.29, 0.717) is 12.6 Å². The molecule has 1 saturated heterocycles. The third-order valence-electron chi connectivity index (χ3n) is 4.95. The summed E-state index contributed by atoms with van der Waals surface area (Å²) < 4.78 is 11.3. The average molecular weight is 364 g/mol. The van der Waals surface area contributed by atoms with Crippen LogP contribution in [0.1, 0.15) is 38.2 Å². The highest BCUT2D eigenvalue weighted by molar-refractivity contribution is 5.69. The van der Waals surface area contributed by atoms with E-state index >= 15 is 0 Å². The first-order chi connectivity index (χ1) is 12.5. The second-order valence-electron chi connectivity index (χ2n) is 7.00. The summed E-state index contributed by atoms with van der Waals surface area (Å²) in [6.07, 6.45) is 4.15. The summed E-state index contributed by atoms with van der Waals surface area (Å²) in [5, 5.41) is 8.93. The van der Waals surface area contributed by atoms with Crippen LogP contribution in [0.2, 0.25) is 0 Å². The molecule has 0 atom stereocenters. The average Bonchev–Trinajstić information content (AvgIpc) is 2.63. The van der Waals surface area contributed by atoms with E-state index < -0.39 is 5.97 Å². The molecule has 26 heavy (non-hydrogen) atoms. The van der Waals surface area contributed by atoms with Gasteiger partial charge in [0.1, 0.15) is 0 Å². The zero-order valence-corrected chi connectivity index (χ0v) is 16.2. The fourth-order valence-corrected chi connectivity index (χ4v) is 3.37. The van der Waals surface area contributed by atoms with Crippen molar-refractivity contribution in [1.82, 2.24) is 9.80 Å². The third-order valence-corrected chi connectivity index (χ3v) is 4.95. The summed E-state index contributed by atoms with van der Waals surface area (Å²) in [7, 11) is 3.58. The lowest BCUT2D eigenvalue weighted by molar-refractivity contribution is -0.138. The van der Waals surface area contributed by atoms with E-state index in [2.05, 4.69) is 24.0 Å². The lowest BCUT2D eigenvalue weighted by atomic mass is 10.0. The van der Waals surface area contributed by atoms with Crippen LogP contribution in [-0.4, -0.2) is 67.3 Å². The van der Waals surface area contributed by atoms with E-state index in [1.54, 1.807) is 7.11 Å². The number of benzene rings is 1. The van der Waals surface area contributed by atoms with Crippen molar-refractivity contribution < 1.29 is 19.4 Å². The largest absolute Gasteiger partial charge is 0.493 e. The minimum Gasteiger partial charge on any atom is -0.493 e. The Morgan fingerprint density at radius 2 is 2.04 bits per heavy atom. The molecule has 0 amide bonds. The van der Waals surface area contributed by atoms with Gasteiger partial charge in [0.2, 0.25) is 0 Å². The maximum absolute atomic E-state index is 10.9. The van der Waals surface area contributed by atoms with E-state index in [0.717, 1.165) is 56.8 Å². The maximum atomic E-state index is 10.9. The Kier molecular flexibility index (Phi) is 8.19. The Balaban J connectivity index is 1.86. The second kappa shape index (κ2) is 10.4. The number of hydrogen-bond acceptors (Lipinski definition) is 5. The number of likely N-dealkylation sites (N-methyl/N-ethyl adjacent to an activating group) is 1. The molecule has 0 spiro atoms. The lowest BCUT2D eigenvalue weighted by Crippen LogP contribution is -2.44. The molecule has 0 unspecified atom stereocenters. The summed E-state index contributed by atoms with van der Waals surface area (Å²) in [4.78, 5) is 15.2. The normalized spacial score (nSPS) is 16.0. The number of piperidine rings is 1.